The Morgan fingerprint density at radius 1 is 1.00 bits per heavy atom. The molecule has 2 saturated heterocycles. The Morgan fingerprint density at radius 3 is 2.33 bits per heavy atom. The average Bonchev–Trinajstić information content (AvgIpc) is 3.29. The van der Waals surface area contributed by atoms with Gasteiger partial charge >= 0.3 is 6.18 Å². The predicted molar refractivity (Wildman–Crippen MR) is 83.3 cm³/mol. The van der Waals surface area contributed by atoms with Gasteiger partial charge in [-0.2, -0.15) is 13.2 Å². The molecule has 3 aliphatic rings. The molecule has 1 saturated carbocycles. The zero-order chi connectivity index (χ0) is 16.7. The van der Waals surface area contributed by atoms with E-state index in [1.807, 2.05) is 0 Å². The quantitative estimate of drug-likeness (QED) is 0.872. The fourth-order valence-corrected chi connectivity index (χ4v) is 3.67. The van der Waals surface area contributed by atoms with Gasteiger partial charge in [-0.3, -0.25) is 0 Å². The van der Waals surface area contributed by atoms with Crippen LogP contribution in [0.1, 0.15) is 44.1 Å². The van der Waals surface area contributed by atoms with Crippen molar-refractivity contribution < 1.29 is 22.6 Å². The monoisotopic (exact) mass is 341 g/mol. The van der Waals surface area contributed by atoms with E-state index in [4.69, 9.17) is 9.47 Å². The maximum Gasteiger partial charge on any atom is 0.416 e. The molecule has 1 aliphatic carbocycles. The zero-order valence-corrected chi connectivity index (χ0v) is 13.4. The van der Waals surface area contributed by atoms with E-state index in [2.05, 4.69) is 5.32 Å². The molecule has 132 valence electrons. The van der Waals surface area contributed by atoms with Crippen LogP contribution in [0.2, 0.25) is 0 Å². The summed E-state index contributed by atoms with van der Waals surface area (Å²) in [6.07, 6.45) is 1.97. The van der Waals surface area contributed by atoms with Gasteiger partial charge in [0.25, 0.3) is 0 Å². The molecular formula is C18H22F3NO2. The number of ether oxygens (including phenoxy) is 2. The van der Waals surface area contributed by atoms with Crippen LogP contribution in [-0.4, -0.2) is 24.8 Å². The molecule has 3 fully saturated rings. The Hall–Kier alpha value is -1.43. The molecule has 3 nitrogen and oxygen atoms in total. The third-order valence-corrected chi connectivity index (χ3v) is 5.17. The highest BCUT2D eigenvalue weighted by Gasteiger charge is 2.36. The minimum absolute atomic E-state index is 0.0451. The highest BCUT2D eigenvalue weighted by Crippen LogP contribution is 2.39. The molecule has 24 heavy (non-hydrogen) atoms. The van der Waals surface area contributed by atoms with E-state index < -0.39 is 11.7 Å². The normalized spacial score (nSPS) is 29.5. The molecule has 0 amide bonds. The third kappa shape index (κ3) is 3.63. The lowest BCUT2D eigenvalue weighted by Gasteiger charge is -2.30. The molecule has 2 heterocycles. The fraction of sp³-hybridized carbons (Fsp3) is 0.667. The number of hydrogen-bond acceptors (Lipinski definition) is 3. The minimum Gasteiger partial charge on any atom is -0.489 e. The smallest absolute Gasteiger partial charge is 0.416 e. The number of nitrogens with one attached hydrogen (secondary N) is 1. The Bertz CT molecular complexity index is 588. The zero-order valence-electron chi connectivity index (χ0n) is 13.4. The van der Waals surface area contributed by atoms with Crippen molar-refractivity contribution in [3.8, 4) is 11.5 Å². The van der Waals surface area contributed by atoms with Gasteiger partial charge in [0, 0.05) is 12.1 Å². The van der Waals surface area contributed by atoms with Gasteiger partial charge < -0.3 is 14.8 Å². The first-order valence-corrected chi connectivity index (χ1v) is 8.74. The van der Waals surface area contributed by atoms with Crippen LogP contribution >= 0.6 is 0 Å². The maximum absolute atomic E-state index is 13.0. The first-order valence-electron chi connectivity index (χ1n) is 8.74. The van der Waals surface area contributed by atoms with E-state index in [1.165, 1.54) is 6.07 Å². The predicted octanol–water partition coefficient (Wildman–Crippen LogP) is 4.16. The molecule has 2 aliphatic heterocycles. The van der Waals surface area contributed by atoms with Crippen LogP contribution in [0.15, 0.2) is 18.2 Å². The van der Waals surface area contributed by atoms with Crippen molar-refractivity contribution in [2.45, 2.75) is 62.9 Å². The average molecular weight is 341 g/mol. The second-order valence-corrected chi connectivity index (χ2v) is 7.26. The molecule has 1 aromatic rings. The largest absolute Gasteiger partial charge is 0.489 e. The first kappa shape index (κ1) is 16.1. The molecule has 0 radical (unpaired) electrons. The summed E-state index contributed by atoms with van der Waals surface area (Å²) in [6.45, 7) is 0.467. The van der Waals surface area contributed by atoms with E-state index in [1.54, 1.807) is 0 Å². The van der Waals surface area contributed by atoms with Crippen LogP contribution in [-0.2, 0) is 6.18 Å². The second-order valence-electron chi connectivity index (χ2n) is 7.26. The summed E-state index contributed by atoms with van der Waals surface area (Å²) in [7, 11) is 0. The molecule has 3 atom stereocenters. The van der Waals surface area contributed by atoms with E-state index >= 15 is 0 Å². The maximum atomic E-state index is 13.0. The Morgan fingerprint density at radius 2 is 1.71 bits per heavy atom. The van der Waals surface area contributed by atoms with Crippen LogP contribution in [0.5, 0.6) is 11.5 Å². The minimum atomic E-state index is -4.37. The number of halogens is 3. The number of rotatable bonds is 5. The highest BCUT2D eigenvalue weighted by atomic mass is 19.4. The third-order valence-electron chi connectivity index (χ3n) is 5.17. The number of piperidine rings is 1. The van der Waals surface area contributed by atoms with Gasteiger partial charge in [-0.25, -0.2) is 0 Å². The molecule has 1 aromatic carbocycles. The van der Waals surface area contributed by atoms with Gasteiger partial charge in [-0.15, -0.1) is 0 Å². The van der Waals surface area contributed by atoms with Crippen molar-refractivity contribution in [1.82, 2.24) is 5.32 Å². The van der Waals surface area contributed by atoms with Crippen molar-refractivity contribution in [3.05, 3.63) is 23.8 Å². The van der Waals surface area contributed by atoms with Crippen LogP contribution < -0.4 is 14.8 Å². The van der Waals surface area contributed by atoms with Crippen LogP contribution in [0.25, 0.3) is 0 Å². The molecule has 4 rings (SSSR count). The Kier molecular flexibility index (Phi) is 4.11. The second kappa shape index (κ2) is 6.14. The summed E-state index contributed by atoms with van der Waals surface area (Å²) >= 11 is 0. The number of benzene rings is 1. The van der Waals surface area contributed by atoms with Gasteiger partial charge in [-0.05, 0) is 62.6 Å². The van der Waals surface area contributed by atoms with Crippen molar-refractivity contribution in [3.63, 3.8) is 0 Å². The molecule has 6 heteroatoms. The van der Waals surface area contributed by atoms with Crippen LogP contribution in [0.4, 0.5) is 13.2 Å². The summed E-state index contributed by atoms with van der Waals surface area (Å²) in [6, 6.07) is 4.51. The summed E-state index contributed by atoms with van der Waals surface area (Å²) in [4.78, 5) is 0. The van der Waals surface area contributed by atoms with E-state index in [9.17, 15) is 13.2 Å². The van der Waals surface area contributed by atoms with E-state index in [0.717, 1.165) is 50.7 Å². The molecule has 2 bridgehead atoms. The highest BCUT2D eigenvalue weighted by molar-refractivity contribution is 5.44. The molecule has 1 N–H and O–H groups in total. The number of fused-ring (bicyclic) bond motifs is 2. The standard InChI is InChI=1S/C18H22F3NO2/c19-18(20,21)12-3-6-16(17(7-12)23-10-11-1-2-11)24-15-8-13-4-5-14(9-15)22-13/h3,6-7,11,13-15,22H,1-2,4-5,8-10H2/t13-,14+,15+. The van der Waals surface area contributed by atoms with Crippen LogP contribution in [0, 0.1) is 5.92 Å². The van der Waals surface area contributed by atoms with Crippen molar-refractivity contribution >= 4 is 0 Å². The number of hydrogen-bond donors (Lipinski definition) is 1. The van der Waals surface area contributed by atoms with Gasteiger partial charge in [-0.1, -0.05) is 0 Å². The Balaban J connectivity index is 1.51. The Labute approximate surface area is 139 Å². The molecular weight excluding hydrogens is 319 g/mol. The van der Waals surface area contributed by atoms with Gasteiger partial charge in [0.2, 0.25) is 0 Å². The molecule has 0 aromatic heterocycles. The lowest BCUT2D eigenvalue weighted by molar-refractivity contribution is -0.137. The lowest BCUT2D eigenvalue weighted by Crippen LogP contribution is -2.42. The number of alkyl halides is 3. The topological polar surface area (TPSA) is 30.5 Å². The SMILES string of the molecule is FC(F)(F)c1ccc(O[C@H]2C[C@H]3CC[C@@H](C2)N3)c(OCC2CC2)c1. The fourth-order valence-electron chi connectivity index (χ4n) is 3.67. The molecule has 0 unspecified atom stereocenters. The van der Waals surface area contributed by atoms with Crippen molar-refractivity contribution in [2.24, 2.45) is 5.92 Å². The summed E-state index contributed by atoms with van der Waals surface area (Å²) in [5.41, 5.74) is -0.689. The summed E-state index contributed by atoms with van der Waals surface area (Å²) < 4.78 is 50.6. The van der Waals surface area contributed by atoms with Gasteiger partial charge in [0.05, 0.1) is 12.2 Å². The lowest BCUT2D eigenvalue weighted by atomic mass is 10.0. The van der Waals surface area contributed by atoms with Crippen LogP contribution in [0.3, 0.4) is 0 Å². The van der Waals surface area contributed by atoms with E-state index in [-0.39, 0.29) is 11.9 Å². The van der Waals surface area contributed by atoms with Crippen molar-refractivity contribution in [1.29, 1.82) is 0 Å². The molecule has 0 spiro atoms. The first-order chi connectivity index (χ1) is 11.5. The van der Waals surface area contributed by atoms with Crippen molar-refractivity contribution in [2.75, 3.05) is 6.61 Å². The van der Waals surface area contributed by atoms with Gasteiger partial charge in [0.15, 0.2) is 11.5 Å². The summed E-state index contributed by atoms with van der Waals surface area (Å²) in [5, 5.41) is 3.54. The van der Waals surface area contributed by atoms with E-state index in [0.29, 0.717) is 30.4 Å². The summed E-state index contributed by atoms with van der Waals surface area (Å²) in [5.74, 6) is 1.14. The van der Waals surface area contributed by atoms with Gasteiger partial charge in [0.1, 0.15) is 6.10 Å².